The van der Waals surface area contributed by atoms with Crippen molar-refractivity contribution in [3.8, 4) is 0 Å². The molecule has 1 aliphatic rings. The largest absolute Gasteiger partial charge is 0.0651 e. The molecule has 0 heterocycles. The molecule has 0 heteroatoms. The van der Waals surface area contributed by atoms with Gasteiger partial charge in [-0.2, -0.15) is 0 Å². The zero-order valence-electron chi connectivity index (χ0n) is 11.3. The lowest BCUT2D eigenvalue weighted by Gasteiger charge is -2.22. The molecule has 0 aromatic rings. The van der Waals surface area contributed by atoms with Gasteiger partial charge < -0.3 is 0 Å². The Morgan fingerprint density at radius 2 is 1.87 bits per heavy atom. The Kier molecular flexibility index (Phi) is 5.71. The van der Waals surface area contributed by atoms with Gasteiger partial charge >= 0.3 is 0 Å². The van der Waals surface area contributed by atoms with Crippen LogP contribution in [0.15, 0.2) is 0 Å². The molecule has 0 radical (unpaired) electrons. The van der Waals surface area contributed by atoms with E-state index in [0.717, 1.165) is 23.7 Å². The van der Waals surface area contributed by atoms with Gasteiger partial charge in [0.2, 0.25) is 0 Å². The average molecular weight is 210 g/mol. The van der Waals surface area contributed by atoms with E-state index >= 15 is 0 Å². The van der Waals surface area contributed by atoms with Crippen LogP contribution in [-0.2, 0) is 0 Å². The van der Waals surface area contributed by atoms with Crippen LogP contribution in [-0.4, -0.2) is 0 Å². The van der Waals surface area contributed by atoms with Crippen molar-refractivity contribution in [2.75, 3.05) is 0 Å². The molecule has 0 spiro atoms. The summed E-state index contributed by atoms with van der Waals surface area (Å²) in [5.74, 6) is 4.02. The predicted octanol–water partition coefficient (Wildman–Crippen LogP) is 5.28. The molecule has 1 aliphatic carbocycles. The Hall–Kier alpha value is 0. The normalized spacial score (nSPS) is 30.4. The molecule has 0 bridgehead atoms. The number of hydrogen-bond donors (Lipinski definition) is 0. The average Bonchev–Trinajstić information content (AvgIpc) is 2.62. The highest BCUT2D eigenvalue weighted by atomic mass is 14.3. The summed E-state index contributed by atoms with van der Waals surface area (Å²) < 4.78 is 0. The quantitative estimate of drug-likeness (QED) is 0.560. The molecule has 0 nitrogen and oxygen atoms in total. The summed E-state index contributed by atoms with van der Waals surface area (Å²) in [6.07, 6.45) is 10.3. The summed E-state index contributed by atoms with van der Waals surface area (Å²) in [5.41, 5.74) is 0. The molecule has 1 saturated carbocycles. The highest BCUT2D eigenvalue weighted by Gasteiger charge is 2.24. The molecule has 4 atom stereocenters. The molecule has 90 valence electrons. The fraction of sp³-hybridized carbons (Fsp3) is 1.00. The Morgan fingerprint density at radius 1 is 1.13 bits per heavy atom. The Balaban J connectivity index is 2.27. The van der Waals surface area contributed by atoms with Crippen LogP contribution >= 0.6 is 0 Å². The first kappa shape index (κ1) is 13.1. The van der Waals surface area contributed by atoms with E-state index in [1.54, 1.807) is 0 Å². The molecule has 1 rings (SSSR count). The Morgan fingerprint density at radius 3 is 2.33 bits per heavy atom. The fourth-order valence-electron chi connectivity index (χ4n) is 3.18. The standard InChI is InChI=1S/C15H30/c1-5-12(3)9-14(6-2)11-15-8-7-13(4)10-15/h12-15H,5-11H2,1-4H3. The fourth-order valence-corrected chi connectivity index (χ4v) is 3.18. The number of rotatable bonds is 6. The van der Waals surface area contributed by atoms with E-state index in [1.165, 1.54) is 44.9 Å². The minimum Gasteiger partial charge on any atom is -0.0651 e. The monoisotopic (exact) mass is 210 g/mol. The molecule has 0 amide bonds. The van der Waals surface area contributed by atoms with Crippen molar-refractivity contribution in [2.45, 2.75) is 72.6 Å². The van der Waals surface area contributed by atoms with Gasteiger partial charge in [0.25, 0.3) is 0 Å². The van der Waals surface area contributed by atoms with Crippen molar-refractivity contribution in [3.05, 3.63) is 0 Å². The van der Waals surface area contributed by atoms with E-state index in [2.05, 4.69) is 27.7 Å². The van der Waals surface area contributed by atoms with Gasteiger partial charge in [0.05, 0.1) is 0 Å². The SMILES string of the molecule is CCC(C)CC(CC)CC1CCC(C)C1. The lowest BCUT2D eigenvalue weighted by atomic mass is 9.84. The van der Waals surface area contributed by atoms with Gasteiger partial charge in [0, 0.05) is 0 Å². The van der Waals surface area contributed by atoms with Crippen LogP contribution in [0.2, 0.25) is 0 Å². The minimum absolute atomic E-state index is 0.939. The summed E-state index contributed by atoms with van der Waals surface area (Å²) >= 11 is 0. The van der Waals surface area contributed by atoms with E-state index in [-0.39, 0.29) is 0 Å². The van der Waals surface area contributed by atoms with E-state index in [0.29, 0.717) is 0 Å². The molecule has 0 saturated heterocycles. The molecule has 0 aromatic carbocycles. The summed E-state index contributed by atoms with van der Waals surface area (Å²) in [6.45, 7) is 9.55. The maximum Gasteiger partial charge on any atom is -0.0409 e. The number of hydrogen-bond acceptors (Lipinski definition) is 0. The second-order valence-corrected chi connectivity index (χ2v) is 6.04. The lowest BCUT2D eigenvalue weighted by Crippen LogP contribution is -2.10. The van der Waals surface area contributed by atoms with Crippen molar-refractivity contribution in [3.63, 3.8) is 0 Å². The molecule has 15 heavy (non-hydrogen) atoms. The Labute approximate surface area is 96.8 Å². The van der Waals surface area contributed by atoms with E-state index < -0.39 is 0 Å². The molecule has 0 aromatic heterocycles. The van der Waals surface area contributed by atoms with Crippen LogP contribution in [0.5, 0.6) is 0 Å². The zero-order valence-corrected chi connectivity index (χ0v) is 11.3. The van der Waals surface area contributed by atoms with E-state index in [4.69, 9.17) is 0 Å². The predicted molar refractivity (Wildman–Crippen MR) is 69.0 cm³/mol. The van der Waals surface area contributed by atoms with E-state index in [1.807, 2.05) is 0 Å². The molecule has 4 unspecified atom stereocenters. The maximum absolute atomic E-state index is 2.43. The minimum atomic E-state index is 0.939. The summed E-state index contributed by atoms with van der Waals surface area (Å²) in [5, 5.41) is 0. The van der Waals surface area contributed by atoms with Crippen molar-refractivity contribution in [1.82, 2.24) is 0 Å². The second-order valence-electron chi connectivity index (χ2n) is 6.04. The topological polar surface area (TPSA) is 0 Å². The van der Waals surface area contributed by atoms with Gasteiger partial charge in [-0.1, -0.05) is 53.4 Å². The molecule has 0 aliphatic heterocycles. The van der Waals surface area contributed by atoms with Crippen LogP contribution < -0.4 is 0 Å². The van der Waals surface area contributed by atoms with Crippen LogP contribution in [0.25, 0.3) is 0 Å². The van der Waals surface area contributed by atoms with Crippen LogP contribution in [0, 0.1) is 23.7 Å². The first-order valence-corrected chi connectivity index (χ1v) is 7.15. The van der Waals surface area contributed by atoms with Gasteiger partial charge in [0.15, 0.2) is 0 Å². The van der Waals surface area contributed by atoms with Gasteiger partial charge in [-0.3, -0.25) is 0 Å². The van der Waals surface area contributed by atoms with Crippen LogP contribution in [0.3, 0.4) is 0 Å². The molecule has 1 fully saturated rings. The molecule has 0 N–H and O–H groups in total. The summed E-state index contributed by atoms with van der Waals surface area (Å²) in [6, 6.07) is 0. The summed E-state index contributed by atoms with van der Waals surface area (Å²) in [4.78, 5) is 0. The second kappa shape index (κ2) is 6.55. The van der Waals surface area contributed by atoms with Crippen molar-refractivity contribution in [2.24, 2.45) is 23.7 Å². The highest BCUT2D eigenvalue weighted by Crippen LogP contribution is 2.36. The molecular formula is C15H30. The highest BCUT2D eigenvalue weighted by molar-refractivity contribution is 4.76. The third-order valence-corrected chi connectivity index (χ3v) is 4.48. The lowest BCUT2D eigenvalue weighted by molar-refractivity contribution is 0.299. The van der Waals surface area contributed by atoms with Crippen LogP contribution in [0.4, 0.5) is 0 Å². The van der Waals surface area contributed by atoms with Crippen molar-refractivity contribution >= 4 is 0 Å². The van der Waals surface area contributed by atoms with E-state index in [9.17, 15) is 0 Å². The van der Waals surface area contributed by atoms with Crippen molar-refractivity contribution in [1.29, 1.82) is 0 Å². The smallest absolute Gasteiger partial charge is 0.0409 e. The van der Waals surface area contributed by atoms with Gasteiger partial charge in [-0.25, -0.2) is 0 Å². The maximum atomic E-state index is 2.43. The zero-order chi connectivity index (χ0) is 11.3. The van der Waals surface area contributed by atoms with Gasteiger partial charge in [-0.05, 0) is 42.9 Å². The Bertz CT molecular complexity index is 161. The molecular weight excluding hydrogens is 180 g/mol. The first-order chi connectivity index (χ1) is 7.15. The first-order valence-electron chi connectivity index (χ1n) is 7.15. The van der Waals surface area contributed by atoms with Crippen LogP contribution in [0.1, 0.15) is 72.6 Å². The van der Waals surface area contributed by atoms with Crippen molar-refractivity contribution < 1.29 is 0 Å². The summed E-state index contributed by atoms with van der Waals surface area (Å²) in [7, 11) is 0. The third kappa shape index (κ3) is 4.57. The van der Waals surface area contributed by atoms with Gasteiger partial charge in [0.1, 0.15) is 0 Å². The third-order valence-electron chi connectivity index (χ3n) is 4.48. The van der Waals surface area contributed by atoms with Gasteiger partial charge in [-0.15, -0.1) is 0 Å².